The van der Waals surface area contributed by atoms with Crippen molar-refractivity contribution in [1.29, 1.82) is 0 Å². The van der Waals surface area contributed by atoms with Gasteiger partial charge in [-0.3, -0.25) is 4.79 Å². The number of carbonyl (C=O) groups is 1. The van der Waals surface area contributed by atoms with Gasteiger partial charge in [0.05, 0.1) is 16.8 Å². The Morgan fingerprint density at radius 2 is 1.84 bits per heavy atom. The number of benzene rings is 1. The number of hydrogen-bond acceptors (Lipinski definition) is 5. The zero-order chi connectivity index (χ0) is 22.8. The van der Waals surface area contributed by atoms with Crippen LogP contribution in [0, 0.1) is 5.82 Å². The fourth-order valence-corrected chi connectivity index (χ4v) is 3.10. The van der Waals surface area contributed by atoms with Crippen LogP contribution in [-0.2, 0) is 6.18 Å². The first kappa shape index (κ1) is 22.6. The van der Waals surface area contributed by atoms with Crippen molar-refractivity contribution < 1.29 is 22.4 Å². The molecular weight excluding hydrogens is 482 g/mol. The minimum atomic E-state index is -4.87. The molecular formula is C20H16BrF4N5O. The Kier molecular flexibility index (Phi) is 6.54. The summed E-state index contributed by atoms with van der Waals surface area (Å²) in [6.45, 7) is 2.44. The predicted molar refractivity (Wildman–Crippen MR) is 111 cm³/mol. The van der Waals surface area contributed by atoms with E-state index in [9.17, 15) is 22.4 Å². The van der Waals surface area contributed by atoms with E-state index in [1.165, 1.54) is 24.7 Å². The second-order valence-electron chi connectivity index (χ2n) is 6.44. The van der Waals surface area contributed by atoms with Gasteiger partial charge in [0.15, 0.2) is 11.6 Å². The molecule has 2 heterocycles. The van der Waals surface area contributed by atoms with Crippen LogP contribution in [0.2, 0.25) is 0 Å². The van der Waals surface area contributed by atoms with Gasteiger partial charge in [-0.05, 0) is 47.1 Å². The summed E-state index contributed by atoms with van der Waals surface area (Å²) in [4.78, 5) is 26.4. The van der Waals surface area contributed by atoms with Gasteiger partial charge in [0.2, 0.25) is 0 Å². The lowest BCUT2D eigenvalue weighted by Gasteiger charge is -2.20. The molecule has 1 amide bonds. The molecule has 0 aliphatic rings. The SMILES string of the molecule is CCN(C)c1ncc(Br)cc1NC(=O)c1cc(-c2ncccn2)c(C(F)(F)F)cc1F. The van der Waals surface area contributed by atoms with E-state index in [0.29, 0.717) is 16.8 Å². The van der Waals surface area contributed by atoms with Crippen LogP contribution in [0.3, 0.4) is 0 Å². The molecule has 2 aromatic heterocycles. The minimum absolute atomic E-state index is 0.264. The standard InChI is InChI=1S/C20H16BrF4N5O/c1-3-30(2)18-16(7-11(21)10-28-18)29-19(31)13-8-12(17-26-5-4-6-27-17)14(9-15(13)22)20(23,24)25/h4-10H,3H2,1-2H3,(H,29,31). The third-order valence-corrected chi connectivity index (χ3v) is 4.81. The fraction of sp³-hybridized carbons (Fsp3) is 0.200. The first-order valence-corrected chi connectivity index (χ1v) is 9.77. The molecule has 0 bridgehead atoms. The van der Waals surface area contributed by atoms with Crippen molar-refractivity contribution in [3.05, 3.63) is 64.3 Å². The van der Waals surface area contributed by atoms with Crippen molar-refractivity contribution in [3.63, 3.8) is 0 Å². The molecule has 11 heteroatoms. The number of anilines is 2. The molecule has 0 radical (unpaired) electrons. The normalized spacial score (nSPS) is 11.3. The number of hydrogen-bond donors (Lipinski definition) is 1. The third-order valence-electron chi connectivity index (χ3n) is 4.38. The third kappa shape index (κ3) is 4.98. The summed E-state index contributed by atoms with van der Waals surface area (Å²) in [6.07, 6.45) is -0.826. The molecule has 0 aliphatic heterocycles. The lowest BCUT2D eigenvalue weighted by atomic mass is 10.0. The summed E-state index contributed by atoms with van der Waals surface area (Å²) in [5.41, 5.74) is -2.10. The molecule has 0 saturated carbocycles. The number of alkyl halides is 3. The Hall–Kier alpha value is -3.08. The topological polar surface area (TPSA) is 71.0 Å². The van der Waals surface area contributed by atoms with Crippen LogP contribution >= 0.6 is 15.9 Å². The minimum Gasteiger partial charge on any atom is -0.358 e. The highest BCUT2D eigenvalue weighted by Crippen LogP contribution is 2.37. The first-order chi connectivity index (χ1) is 14.6. The Balaban J connectivity index is 2.08. The zero-order valence-corrected chi connectivity index (χ0v) is 17.9. The van der Waals surface area contributed by atoms with Gasteiger partial charge in [0.25, 0.3) is 5.91 Å². The van der Waals surface area contributed by atoms with Gasteiger partial charge >= 0.3 is 6.18 Å². The average Bonchev–Trinajstić information content (AvgIpc) is 2.73. The Morgan fingerprint density at radius 1 is 1.16 bits per heavy atom. The molecule has 3 aromatic rings. The lowest BCUT2D eigenvalue weighted by Crippen LogP contribution is -2.22. The van der Waals surface area contributed by atoms with Crippen molar-refractivity contribution in [2.45, 2.75) is 13.1 Å². The van der Waals surface area contributed by atoms with Gasteiger partial charge in [-0.25, -0.2) is 19.3 Å². The van der Waals surface area contributed by atoms with Crippen molar-refractivity contribution >= 4 is 33.3 Å². The maximum absolute atomic E-state index is 14.6. The summed E-state index contributed by atoms with van der Waals surface area (Å²) < 4.78 is 55.6. The smallest absolute Gasteiger partial charge is 0.358 e. The number of nitrogens with one attached hydrogen (secondary N) is 1. The molecule has 6 nitrogen and oxygen atoms in total. The lowest BCUT2D eigenvalue weighted by molar-refractivity contribution is -0.137. The second-order valence-corrected chi connectivity index (χ2v) is 7.36. The summed E-state index contributed by atoms with van der Waals surface area (Å²) in [5.74, 6) is -2.12. The van der Waals surface area contributed by atoms with Gasteiger partial charge < -0.3 is 10.2 Å². The van der Waals surface area contributed by atoms with Crippen molar-refractivity contribution in [2.75, 3.05) is 23.8 Å². The summed E-state index contributed by atoms with van der Waals surface area (Å²) in [5, 5.41) is 2.53. The molecule has 0 saturated heterocycles. The average molecular weight is 498 g/mol. The maximum Gasteiger partial charge on any atom is 0.417 e. The first-order valence-electron chi connectivity index (χ1n) is 8.98. The van der Waals surface area contributed by atoms with Crippen molar-refractivity contribution in [2.24, 2.45) is 0 Å². The quantitative estimate of drug-likeness (QED) is 0.492. The van der Waals surface area contributed by atoms with Crippen molar-refractivity contribution in [3.8, 4) is 11.4 Å². The highest BCUT2D eigenvalue weighted by atomic mass is 79.9. The number of carbonyl (C=O) groups excluding carboxylic acids is 1. The van der Waals surface area contributed by atoms with E-state index in [4.69, 9.17) is 0 Å². The molecule has 0 fully saturated rings. The van der Waals surface area contributed by atoms with Crippen LogP contribution in [0.5, 0.6) is 0 Å². The highest BCUT2D eigenvalue weighted by Gasteiger charge is 2.36. The molecule has 0 aliphatic carbocycles. The predicted octanol–water partition coefficient (Wildman–Crippen LogP) is 5.17. The molecule has 1 aromatic carbocycles. The Labute approximate surface area is 183 Å². The van der Waals surface area contributed by atoms with E-state index in [2.05, 4.69) is 36.2 Å². The van der Waals surface area contributed by atoms with Gasteiger partial charge in [-0.2, -0.15) is 13.2 Å². The molecule has 31 heavy (non-hydrogen) atoms. The Bertz CT molecular complexity index is 1110. The van der Waals surface area contributed by atoms with E-state index in [1.54, 1.807) is 18.0 Å². The summed E-state index contributed by atoms with van der Waals surface area (Å²) in [7, 11) is 1.75. The number of rotatable bonds is 5. The molecule has 0 unspecified atom stereocenters. The zero-order valence-electron chi connectivity index (χ0n) is 16.3. The van der Waals surface area contributed by atoms with Crippen LogP contribution in [-0.4, -0.2) is 34.5 Å². The van der Waals surface area contributed by atoms with Gasteiger partial charge in [0.1, 0.15) is 5.82 Å². The van der Waals surface area contributed by atoms with E-state index in [0.717, 1.165) is 6.07 Å². The van der Waals surface area contributed by atoms with E-state index in [-0.39, 0.29) is 17.6 Å². The number of aromatic nitrogens is 3. The molecule has 3 rings (SSSR count). The molecule has 1 N–H and O–H groups in total. The number of halogens is 5. The molecule has 0 atom stereocenters. The van der Waals surface area contributed by atoms with E-state index in [1.807, 2.05) is 6.92 Å². The van der Waals surface area contributed by atoms with Crippen molar-refractivity contribution in [1.82, 2.24) is 15.0 Å². The monoisotopic (exact) mass is 497 g/mol. The van der Waals surface area contributed by atoms with Gasteiger partial charge in [0, 0.05) is 42.2 Å². The molecule has 0 spiro atoms. The largest absolute Gasteiger partial charge is 0.417 e. The van der Waals surface area contributed by atoms with Gasteiger partial charge in [-0.1, -0.05) is 0 Å². The number of pyridine rings is 1. The van der Waals surface area contributed by atoms with Crippen LogP contribution in [0.1, 0.15) is 22.8 Å². The fourth-order valence-electron chi connectivity index (χ4n) is 2.77. The second kappa shape index (κ2) is 8.96. The Morgan fingerprint density at radius 3 is 2.45 bits per heavy atom. The molecule has 162 valence electrons. The summed E-state index contributed by atoms with van der Waals surface area (Å²) in [6, 6.07) is 4.08. The summed E-state index contributed by atoms with van der Waals surface area (Å²) >= 11 is 3.25. The van der Waals surface area contributed by atoms with Gasteiger partial charge in [-0.15, -0.1) is 0 Å². The van der Waals surface area contributed by atoms with E-state index < -0.39 is 34.6 Å². The number of amides is 1. The maximum atomic E-state index is 14.6. The van der Waals surface area contributed by atoms with Crippen LogP contribution in [0.25, 0.3) is 11.4 Å². The van der Waals surface area contributed by atoms with Crippen LogP contribution < -0.4 is 10.2 Å². The highest BCUT2D eigenvalue weighted by molar-refractivity contribution is 9.10. The van der Waals surface area contributed by atoms with Crippen LogP contribution in [0.15, 0.2) is 47.3 Å². The number of nitrogens with zero attached hydrogens (tertiary/aromatic N) is 4. The van der Waals surface area contributed by atoms with Crippen LogP contribution in [0.4, 0.5) is 29.1 Å². The van der Waals surface area contributed by atoms with E-state index >= 15 is 0 Å².